The van der Waals surface area contributed by atoms with E-state index in [9.17, 15) is 18.5 Å². The molecule has 0 saturated heterocycles. The molecular formula is C11H10ClN3O4S2. The molecule has 7 nitrogen and oxygen atoms in total. The quantitative estimate of drug-likeness (QED) is 0.637. The van der Waals surface area contributed by atoms with Crippen molar-refractivity contribution in [1.29, 1.82) is 0 Å². The molecule has 2 rings (SSSR count). The highest BCUT2D eigenvalue weighted by Crippen LogP contribution is 2.25. The number of benzene rings is 1. The van der Waals surface area contributed by atoms with Crippen molar-refractivity contribution >= 4 is 38.6 Å². The van der Waals surface area contributed by atoms with Crippen molar-refractivity contribution in [3.8, 4) is 0 Å². The Morgan fingerprint density at radius 3 is 2.81 bits per heavy atom. The van der Waals surface area contributed by atoms with Crippen LogP contribution in [-0.4, -0.2) is 24.9 Å². The van der Waals surface area contributed by atoms with Crippen molar-refractivity contribution in [3.63, 3.8) is 0 Å². The molecule has 1 heterocycles. The molecule has 0 spiro atoms. The predicted molar refractivity (Wildman–Crippen MR) is 79.1 cm³/mol. The molecule has 0 aliphatic heterocycles. The molecule has 10 heteroatoms. The van der Waals surface area contributed by atoms with Gasteiger partial charge in [-0.2, -0.15) is 0 Å². The van der Waals surface area contributed by atoms with Gasteiger partial charge in [-0.3, -0.25) is 10.1 Å². The van der Waals surface area contributed by atoms with Crippen LogP contribution in [0.5, 0.6) is 0 Å². The van der Waals surface area contributed by atoms with Gasteiger partial charge in [0.2, 0.25) is 10.0 Å². The maximum absolute atomic E-state index is 12.1. The van der Waals surface area contributed by atoms with Crippen LogP contribution >= 0.6 is 22.9 Å². The summed E-state index contributed by atoms with van der Waals surface area (Å²) in [5, 5.41) is 12.4. The summed E-state index contributed by atoms with van der Waals surface area (Å²) in [7, 11) is -3.91. The van der Waals surface area contributed by atoms with Gasteiger partial charge in [0.25, 0.3) is 5.69 Å². The Balaban J connectivity index is 2.15. The highest BCUT2D eigenvalue weighted by Gasteiger charge is 2.21. The summed E-state index contributed by atoms with van der Waals surface area (Å²) in [6.45, 7) is 0.130. The average Bonchev–Trinajstić information content (AvgIpc) is 2.91. The number of sulfonamides is 1. The molecule has 2 aromatic rings. The summed E-state index contributed by atoms with van der Waals surface area (Å²) >= 11 is 7.23. The summed E-state index contributed by atoms with van der Waals surface area (Å²) in [5.74, 6) is 0. The lowest BCUT2D eigenvalue weighted by Crippen LogP contribution is -2.26. The zero-order valence-corrected chi connectivity index (χ0v) is 12.9. The maximum atomic E-state index is 12.1. The number of nitro benzene ring substituents is 1. The summed E-state index contributed by atoms with van der Waals surface area (Å²) in [6.07, 6.45) is 0.426. The van der Waals surface area contributed by atoms with Crippen LogP contribution in [0.15, 0.2) is 34.0 Å². The Morgan fingerprint density at radius 1 is 1.43 bits per heavy atom. The molecule has 0 saturated carbocycles. The zero-order chi connectivity index (χ0) is 15.5. The van der Waals surface area contributed by atoms with E-state index in [1.165, 1.54) is 17.4 Å². The van der Waals surface area contributed by atoms with Gasteiger partial charge in [-0.05, 0) is 6.07 Å². The maximum Gasteiger partial charge on any atom is 0.270 e. The van der Waals surface area contributed by atoms with Crippen LogP contribution in [0.3, 0.4) is 0 Å². The van der Waals surface area contributed by atoms with Crippen LogP contribution < -0.4 is 4.72 Å². The van der Waals surface area contributed by atoms with Crippen LogP contribution in [-0.2, 0) is 16.4 Å². The van der Waals surface area contributed by atoms with E-state index in [1.54, 1.807) is 5.51 Å². The molecule has 0 aliphatic carbocycles. The number of aromatic nitrogens is 1. The molecule has 0 bridgehead atoms. The minimum absolute atomic E-state index is 0.0678. The minimum Gasteiger partial charge on any atom is -0.258 e. The van der Waals surface area contributed by atoms with Crippen molar-refractivity contribution in [3.05, 3.63) is 49.9 Å². The third-order valence-corrected chi connectivity index (χ3v) is 5.15. The highest BCUT2D eigenvalue weighted by molar-refractivity contribution is 7.89. The molecular weight excluding hydrogens is 338 g/mol. The van der Waals surface area contributed by atoms with Crippen molar-refractivity contribution in [2.45, 2.75) is 11.3 Å². The monoisotopic (exact) mass is 347 g/mol. The minimum atomic E-state index is -3.91. The number of nitrogens with zero attached hydrogens (tertiary/aromatic N) is 2. The van der Waals surface area contributed by atoms with E-state index >= 15 is 0 Å². The van der Waals surface area contributed by atoms with E-state index in [-0.39, 0.29) is 22.2 Å². The van der Waals surface area contributed by atoms with Gasteiger partial charge in [-0.25, -0.2) is 18.1 Å². The molecule has 1 aromatic carbocycles. The lowest BCUT2D eigenvalue weighted by molar-refractivity contribution is -0.385. The van der Waals surface area contributed by atoms with Gasteiger partial charge in [0.1, 0.15) is 4.90 Å². The number of hydrogen-bond acceptors (Lipinski definition) is 6. The Bertz CT molecular complexity index is 747. The SMILES string of the molecule is O=[N+]([O-])c1ccc(Cl)c(S(=O)(=O)NCCc2cscn2)c1. The second kappa shape index (κ2) is 6.48. The molecule has 0 aliphatic rings. The van der Waals surface area contributed by atoms with E-state index in [1.807, 2.05) is 5.38 Å². The van der Waals surface area contributed by atoms with Crippen LogP contribution in [0.25, 0.3) is 0 Å². The van der Waals surface area contributed by atoms with Crippen molar-refractivity contribution < 1.29 is 13.3 Å². The summed E-state index contributed by atoms with van der Waals surface area (Å²) in [6, 6.07) is 3.28. The number of thiazole rings is 1. The van der Waals surface area contributed by atoms with Crippen LogP contribution in [0.1, 0.15) is 5.69 Å². The average molecular weight is 348 g/mol. The number of non-ortho nitro benzene ring substituents is 1. The second-order valence-electron chi connectivity index (χ2n) is 4.00. The van der Waals surface area contributed by atoms with Crippen molar-refractivity contribution in [1.82, 2.24) is 9.71 Å². The summed E-state index contributed by atoms with van der Waals surface area (Å²) < 4.78 is 26.6. The number of rotatable bonds is 6. The second-order valence-corrected chi connectivity index (χ2v) is 6.86. The normalized spacial score (nSPS) is 11.5. The largest absolute Gasteiger partial charge is 0.270 e. The number of halogens is 1. The number of nitro groups is 1. The standard InChI is InChI=1S/C11H10ClN3O4S2/c12-10-2-1-9(15(16)17)5-11(10)21(18,19)14-4-3-8-6-20-7-13-8/h1-2,5-7,14H,3-4H2. The fourth-order valence-corrected chi connectivity index (χ4v) is 3.71. The Labute approximate surface area is 129 Å². The molecule has 0 radical (unpaired) electrons. The van der Waals surface area contributed by atoms with E-state index in [0.717, 1.165) is 17.8 Å². The molecule has 1 N–H and O–H groups in total. The third-order valence-electron chi connectivity index (χ3n) is 2.57. The topological polar surface area (TPSA) is 102 Å². The van der Waals surface area contributed by atoms with Gasteiger partial charge in [0.15, 0.2) is 0 Å². The summed E-state index contributed by atoms with van der Waals surface area (Å²) in [4.78, 5) is 13.7. The van der Waals surface area contributed by atoms with Gasteiger partial charge >= 0.3 is 0 Å². The molecule has 0 fully saturated rings. The first-order chi connectivity index (χ1) is 9.90. The predicted octanol–water partition coefficient (Wildman–Crippen LogP) is 2.23. The van der Waals surface area contributed by atoms with Crippen molar-refractivity contribution in [2.24, 2.45) is 0 Å². The smallest absolute Gasteiger partial charge is 0.258 e. The lowest BCUT2D eigenvalue weighted by atomic mass is 10.3. The van der Waals surface area contributed by atoms with E-state index in [4.69, 9.17) is 11.6 Å². The number of nitrogens with one attached hydrogen (secondary N) is 1. The zero-order valence-electron chi connectivity index (χ0n) is 10.5. The number of hydrogen-bond donors (Lipinski definition) is 1. The van der Waals surface area contributed by atoms with Gasteiger partial charge in [0, 0.05) is 30.5 Å². The highest BCUT2D eigenvalue weighted by atomic mass is 35.5. The fourth-order valence-electron chi connectivity index (χ4n) is 1.56. The van der Waals surface area contributed by atoms with Gasteiger partial charge in [-0.15, -0.1) is 11.3 Å². The molecule has 0 unspecified atom stereocenters. The molecule has 0 amide bonds. The lowest BCUT2D eigenvalue weighted by Gasteiger charge is -2.07. The van der Waals surface area contributed by atoms with Crippen LogP contribution in [0.4, 0.5) is 5.69 Å². The van der Waals surface area contributed by atoms with Crippen molar-refractivity contribution in [2.75, 3.05) is 6.54 Å². The third kappa shape index (κ3) is 3.97. The van der Waals surface area contributed by atoms with E-state index in [2.05, 4.69) is 9.71 Å². The van der Waals surface area contributed by atoms with E-state index in [0.29, 0.717) is 6.42 Å². The van der Waals surface area contributed by atoms with Gasteiger partial charge in [0.05, 0.1) is 21.2 Å². The summed E-state index contributed by atoms with van der Waals surface area (Å²) in [5.41, 5.74) is 2.09. The molecule has 1 aromatic heterocycles. The first kappa shape index (κ1) is 15.8. The molecule has 21 heavy (non-hydrogen) atoms. The van der Waals surface area contributed by atoms with Gasteiger partial charge in [-0.1, -0.05) is 11.6 Å². The Hall–Kier alpha value is -1.55. The van der Waals surface area contributed by atoms with Gasteiger partial charge < -0.3 is 0 Å². The van der Waals surface area contributed by atoms with Crippen LogP contribution in [0, 0.1) is 10.1 Å². The Morgan fingerprint density at radius 2 is 2.19 bits per heavy atom. The van der Waals surface area contributed by atoms with E-state index < -0.39 is 14.9 Å². The first-order valence-corrected chi connectivity index (χ1v) is 8.51. The molecule has 112 valence electrons. The molecule has 0 atom stereocenters. The Kier molecular flexibility index (Phi) is 4.88. The first-order valence-electron chi connectivity index (χ1n) is 5.71. The fraction of sp³-hybridized carbons (Fsp3) is 0.182. The van der Waals surface area contributed by atoms with Crippen LogP contribution in [0.2, 0.25) is 5.02 Å².